The first-order chi connectivity index (χ1) is 31.7. The Morgan fingerprint density at radius 2 is 0.625 bits per heavy atom. The van der Waals surface area contributed by atoms with Crippen LogP contribution in [0.1, 0.15) is 0 Å². The molecule has 64 heavy (non-hydrogen) atoms. The smallest absolute Gasteiger partial charge is 0.164 e. The van der Waals surface area contributed by atoms with Crippen molar-refractivity contribution in [2.24, 2.45) is 0 Å². The summed E-state index contributed by atoms with van der Waals surface area (Å²) in [6.45, 7) is 0. The predicted molar refractivity (Wildman–Crippen MR) is 269 cm³/mol. The molecule has 12 aromatic carbocycles. The highest BCUT2D eigenvalue weighted by molar-refractivity contribution is 6.37. The van der Waals surface area contributed by atoms with Gasteiger partial charge in [0.2, 0.25) is 0 Å². The zero-order valence-electron chi connectivity index (χ0n) is 34.7. The molecule has 13 aromatic rings. The van der Waals surface area contributed by atoms with Crippen molar-refractivity contribution >= 4 is 64.6 Å². The summed E-state index contributed by atoms with van der Waals surface area (Å²) in [5.41, 5.74) is 9.59. The fourth-order valence-electron chi connectivity index (χ4n) is 10.0. The Morgan fingerprint density at radius 1 is 0.203 bits per heavy atom. The Hall–Kier alpha value is -8.53. The molecule has 0 radical (unpaired) electrons. The third kappa shape index (κ3) is 5.86. The largest absolute Gasteiger partial charge is 0.208 e. The second kappa shape index (κ2) is 14.5. The van der Waals surface area contributed by atoms with Gasteiger partial charge in [-0.05, 0) is 116 Å². The van der Waals surface area contributed by atoms with E-state index in [1.54, 1.807) is 0 Å². The molecule has 0 N–H and O–H groups in total. The van der Waals surface area contributed by atoms with Crippen LogP contribution in [0.25, 0.3) is 132 Å². The minimum Gasteiger partial charge on any atom is -0.208 e. The van der Waals surface area contributed by atoms with Gasteiger partial charge in [0.1, 0.15) is 0 Å². The maximum Gasteiger partial charge on any atom is 0.164 e. The minimum atomic E-state index is 0.629. The Labute approximate surface area is 370 Å². The third-order valence-electron chi connectivity index (χ3n) is 13.0. The zero-order chi connectivity index (χ0) is 42.1. The van der Waals surface area contributed by atoms with Crippen LogP contribution in [0, 0.1) is 0 Å². The highest BCUT2D eigenvalue weighted by Gasteiger charge is 2.19. The van der Waals surface area contributed by atoms with Gasteiger partial charge in [0, 0.05) is 16.7 Å². The molecule has 0 bridgehead atoms. The maximum absolute atomic E-state index is 5.20. The number of nitrogens with zero attached hydrogens (tertiary/aromatic N) is 3. The van der Waals surface area contributed by atoms with Gasteiger partial charge in [0.15, 0.2) is 17.5 Å². The lowest BCUT2D eigenvalue weighted by molar-refractivity contribution is 1.07. The summed E-state index contributed by atoms with van der Waals surface area (Å²) in [5.74, 6) is 1.90. The van der Waals surface area contributed by atoms with Crippen LogP contribution in [-0.2, 0) is 0 Å². The fourth-order valence-corrected chi connectivity index (χ4v) is 10.0. The van der Waals surface area contributed by atoms with Gasteiger partial charge in [-0.2, -0.15) is 0 Å². The van der Waals surface area contributed by atoms with E-state index in [9.17, 15) is 0 Å². The van der Waals surface area contributed by atoms with E-state index < -0.39 is 0 Å². The molecule has 296 valence electrons. The number of benzene rings is 11. The monoisotopic (exact) mass is 811 g/mol. The lowest BCUT2D eigenvalue weighted by Crippen LogP contribution is -2.01. The van der Waals surface area contributed by atoms with Gasteiger partial charge in [-0.15, -0.1) is 0 Å². The maximum atomic E-state index is 5.20. The summed E-state index contributed by atoms with van der Waals surface area (Å²) in [4.78, 5) is 15.4. The van der Waals surface area contributed by atoms with E-state index in [0.29, 0.717) is 17.5 Å². The average Bonchev–Trinajstić information content (AvgIpc) is 3.37. The van der Waals surface area contributed by atoms with E-state index in [0.717, 1.165) is 38.9 Å². The molecular formula is C61H37N3. The molecule has 0 saturated carbocycles. The van der Waals surface area contributed by atoms with Gasteiger partial charge in [0.05, 0.1) is 0 Å². The van der Waals surface area contributed by atoms with Gasteiger partial charge in [0.25, 0.3) is 0 Å². The molecule has 0 aliphatic heterocycles. The second-order valence-electron chi connectivity index (χ2n) is 16.7. The first kappa shape index (κ1) is 36.2. The summed E-state index contributed by atoms with van der Waals surface area (Å²) in [5, 5.41) is 15.3. The van der Waals surface area contributed by atoms with Crippen molar-refractivity contribution in [2.45, 2.75) is 0 Å². The van der Waals surface area contributed by atoms with Gasteiger partial charge >= 0.3 is 0 Å². The van der Waals surface area contributed by atoms with Crippen LogP contribution < -0.4 is 0 Å². The fraction of sp³-hybridized carbons (Fsp3) is 0. The van der Waals surface area contributed by atoms with E-state index in [4.69, 9.17) is 15.0 Å². The zero-order valence-corrected chi connectivity index (χ0v) is 34.7. The Kier molecular flexibility index (Phi) is 8.22. The molecule has 1 heterocycles. The van der Waals surface area contributed by atoms with Crippen LogP contribution in [0.4, 0.5) is 0 Å². The van der Waals surface area contributed by atoms with E-state index in [1.807, 2.05) is 24.3 Å². The van der Waals surface area contributed by atoms with Crippen molar-refractivity contribution in [3.05, 3.63) is 224 Å². The normalized spacial score (nSPS) is 11.8. The van der Waals surface area contributed by atoms with Crippen molar-refractivity contribution in [2.75, 3.05) is 0 Å². The lowest BCUT2D eigenvalue weighted by Gasteiger charge is -2.17. The van der Waals surface area contributed by atoms with Crippen LogP contribution in [0.2, 0.25) is 0 Å². The summed E-state index contributed by atoms with van der Waals surface area (Å²) in [6, 6.07) is 80.8. The van der Waals surface area contributed by atoms with Crippen LogP contribution in [0.3, 0.4) is 0 Å². The summed E-state index contributed by atoms with van der Waals surface area (Å²) >= 11 is 0. The second-order valence-corrected chi connectivity index (χ2v) is 16.7. The van der Waals surface area contributed by atoms with Crippen LogP contribution in [-0.4, -0.2) is 15.0 Å². The summed E-state index contributed by atoms with van der Waals surface area (Å²) in [6.07, 6.45) is 0. The topological polar surface area (TPSA) is 38.7 Å². The first-order valence-corrected chi connectivity index (χ1v) is 21.8. The molecule has 0 saturated heterocycles. The molecule has 0 aliphatic carbocycles. The Bertz CT molecular complexity index is 3930. The van der Waals surface area contributed by atoms with Crippen molar-refractivity contribution in [1.82, 2.24) is 15.0 Å². The molecule has 3 nitrogen and oxygen atoms in total. The number of fused-ring (bicyclic) bond motifs is 2. The number of aromatic nitrogens is 3. The van der Waals surface area contributed by atoms with E-state index >= 15 is 0 Å². The Morgan fingerprint density at radius 3 is 1.25 bits per heavy atom. The predicted octanol–water partition coefficient (Wildman–Crippen LogP) is 16.2. The summed E-state index contributed by atoms with van der Waals surface area (Å²) in [7, 11) is 0. The third-order valence-corrected chi connectivity index (χ3v) is 13.0. The highest BCUT2D eigenvalue weighted by Crippen LogP contribution is 2.45. The number of rotatable bonds is 6. The first-order valence-electron chi connectivity index (χ1n) is 21.8. The molecule has 3 heteroatoms. The molecule has 0 unspecified atom stereocenters. The van der Waals surface area contributed by atoms with Crippen LogP contribution >= 0.6 is 0 Å². The van der Waals surface area contributed by atoms with Crippen molar-refractivity contribution in [1.29, 1.82) is 0 Å². The molecule has 0 amide bonds. The molecule has 13 rings (SSSR count). The van der Waals surface area contributed by atoms with E-state index in [2.05, 4.69) is 200 Å². The highest BCUT2D eigenvalue weighted by atomic mass is 15.0. The van der Waals surface area contributed by atoms with Crippen molar-refractivity contribution in [3.63, 3.8) is 0 Å². The van der Waals surface area contributed by atoms with Gasteiger partial charge < -0.3 is 0 Å². The molecule has 0 atom stereocenters. The quantitative estimate of drug-likeness (QED) is 0.157. The Balaban J connectivity index is 0.993. The molecule has 0 aliphatic rings. The van der Waals surface area contributed by atoms with Gasteiger partial charge in [-0.3, -0.25) is 0 Å². The van der Waals surface area contributed by atoms with E-state index in [1.165, 1.54) is 75.8 Å². The van der Waals surface area contributed by atoms with Crippen LogP contribution in [0.15, 0.2) is 224 Å². The van der Waals surface area contributed by atoms with Gasteiger partial charge in [-0.1, -0.05) is 206 Å². The van der Waals surface area contributed by atoms with Gasteiger partial charge in [-0.25, -0.2) is 15.0 Å². The average molecular weight is 812 g/mol. The minimum absolute atomic E-state index is 0.629. The molecular weight excluding hydrogens is 775 g/mol. The number of hydrogen-bond acceptors (Lipinski definition) is 3. The standard InChI is InChI=1S/C61H37N3/c1-3-13-38(14-4-1)39-27-32-44(33-28-39)60-62-59(43-15-5-2-6-16-43)63-61(64-60)53-23-8-7-22-49(53)46-21-9-20-45(35-46)48-36-47-34-31-42-18-11-25-51-50-24-10-17-40-29-30-41-19-12-26-52(57(41)55(40)50)54(37-48)58(47)56(42)51/h1-37H. The van der Waals surface area contributed by atoms with Crippen molar-refractivity contribution < 1.29 is 0 Å². The molecule has 0 spiro atoms. The number of hydrogen-bond donors (Lipinski definition) is 0. The van der Waals surface area contributed by atoms with E-state index in [-0.39, 0.29) is 0 Å². The van der Waals surface area contributed by atoms with Crippen molar-refractivity contribution in [3.8, 4) is 67.5 Å². The molecule has 1 aromatic heterocycles. The SMILES string of the molecule is c1ccc(-c2ccc(-c3nc(-c4ccccc4)nc(-c4ccccc4-c4cccc(-c5cc6ccc7cccc8c9cccc%10ccc%11cccc(c(c5)c6c78)c%11c%109)c4)n3)cc2)cc1. The summed E-state index contributed by atoms with van der Waals surface area (Å²) < 4.78 is 0. The lowest BCUT2D eigenvalue weighted by atomic mass is 9.86. The van der Waals surface area contributed by atoms with Crippen LogP contribution in [0.5, 0.6) is 0 Å². The molecule has 0 fully saturated rings.